The second-order valence-corrected chi connectivity index (χ2v) is 4.48. The van der Waals surface area contributed by atoms with Crippen molar-refractivity contribution in [3.63, 3.8) is 0 Å². The fourth-order valence-corrected chi connectivity index (χ4v) is 1.48. The molecule has 0 unspecified atom stereocenters. The van der Waals surface area contributed by atoms with Crippen molar-refractivity contribution in [3.05, 3.63) is 0 Å². The average molecular weight is 230 g/mol. The van der Waals surface area contributed by atoms with E-state index in [1.54, 1.807) is 23.9 Å². The number of carbonyl (C=O) groups excluding carboxylic acids is 1. The molecule has 0 aromatic rings. The first-order valence-corrected chi connectivity index (χ1v) is 5.52. The second-order valence-electron chi connectivity index (χ2n) is 4.48. The largest absolute Gasteiger partial charge is 0.481 e. The van der Waals surface area contributed by atoms with Gasteiger partial charge in [-0.2, -0.15) is 0 Å². The minimum Gasteiger partial charge on any atom is -0.481 e. The summed E-state index contributed by atoms with van der Waals surface area (Å²) in [7, 11) is 3.46. The molecular weight excluding hydrogens is 208 g/mol. The summed E-state index contributed by atoms with van der Waals surface area (Å²) in [6, 6.07) is -0.0564. The number of rotatable bonds is 6. The van der Waals surface area contributed by atoms with Gasteiger partial charge in [0, 0.05) is 33.6 Å². The Balaban J connectivity index is 3.93. The Labute approximate surface area is 97.0 Å². The van der Waals surface area contributed by atoms with Crippen LogP contribution in [0.5, 0.6) is 0 Å². The third kappa shape index (κ3) is 6.27. The topological polar surface area (TPSA) is 60.9 Å². The second kappa shape index (κ2) is 7.09. The highest BCUT2D eigenvalue weighted by Gasteiger charge is 2.14. The van der Waals surface area contributed by atoms with Crippen LogP contribution in [-0.2, 0) is 4.79 Å². The molecule has 0 aromatic heterocycles. The summed E-state index contributed by atoms with van der Waals surface area (Å²) in [6.07, 6.45) is 0.596. The molecule has 5 nitrogen and oxygen atoms in total. The fourth-order valence-electron chi connectivity index (χ4n) is 1.48. The number of hydrogen-bond acceptors (Lipinski definition) is 2. The Bertz CT molecular complexity index is 241. The molecule has 1 N–H and O–H groups in total. The lowest BCUT2D eigenvalue weighted by molar-refractivity contribution is -0.137. The van der Waals surface area contributed by atoms with Gasteiger partial charge in [0.1, 0.15) is 0 Å². The lowest BCUT2D eigenvalue weighted by atomic mass is 10.2. The van der Waals surface area contributed by atoms with Crippen LogP contribution >= 0.6 is 0 Å². The number of carboxylic acid groups (broad SMARTS) is 1. The van der Waals surface area contributed by atoms with Crippen LogP contribution in [-0.4, -0.2) is 54.1 Å². The number of carbonyl (C=O) groups is 2. The first-order valence-electron chi connectivity index (χ1n) is 5.52. The maximum Gasteiger partial charge on any atom is 0.319 e. The molecule has 5 heteroatoms. The normalized spacial score (nSPS) is 10.3. The SMILES string of the molecule is CC(C)CN(C)C(=O)N(C)CCCC(=O)O. The summed E-state index contributed by atoms with van der Waals surface area (Å²) in [5.74, 6) is -0.391. The molecule has 0 saturated heterocycles. The van der Waals surface area contributed by atoms with Crippen LogP contribution in [0.15, 0.2) is 0 Å². The quantitative estimate of drug-likeness (QED) is 0.752. The third-order valence-electron chi connectivity index (χ3n) is 2.18. The van der Waals surface area contributed by atoms with Gasteiger partial charge in [0.25, 0.3) is 0 Å². The Morgan fingerprint density at radius 2 is 1.75 bits per heavy atom. The van der Waals surface area contributed by atoms with Crippen LogP contribution in [0.4, 0.5) is 4.79 Å². The maximum absolute atomic E-state index is 11.8. The van der Waals surface area contributed by atoms with Crippen molar-refractivity contribution in [1.29, 1.82) is 0 Å². The van der Waals surface area contributed by atoms with Crippen LogP contribution in [0, 0.1) is 5.92 Å². The van der Waals surface area contributed by atoms with Crippen LogP contribution in [0.25, 0.3) is 0 Å². The van der Waals surface area contributed by atoms with Crippen molar-refractivity contribution in [1.82, 2.24) is 9.80 Å². The molecule has 0 aromatic carbocycles. The van der Waals surface area contributed by atoms with Crippen molar-refractivity contribution in [2.75, 3.05) is 27.2 Å². The molecule has 0 rings (SSSR count). The van der Waals surface area contributed by atoms with E-state index in [1.165, 1.54) is 0 Å². The number of hydrogen-bond donors (Lipinski definition) is 1. The van der Waals surface area contributed by atoms with Gasteiger partial charge in [0.15, 0.2) is 0 Å². The van der Waals surface area contributed by atoms with E-state index in [0.717, 1.165) is 0 Å². The minimum absolute atomic E-state index is 0.0564. The first kappa shape index (κ1) is 14.7. The van der Waals surface area contributed by atoms with Crippen molar-refractivity contribution < 1.29 is 14.7 Å². The van der Waals surface area contributed by atoms with E-state index in [1.807, 2.05) is 13.8 Å². The number of amides is 2. The van der Waals surface area contributed by atoms with Crippen LogP contribution in [0.1, 0.15) is 26.7 Å². The summed E-state index contributed by atoms with van der Waals surface area (Å²) >= 11 is 0. The van der Waals surface area contributed by atoms with E-state index >= 15 is 0 Å². The Hall–Kier alpha value is -1.26. The van der Waals surface area contributed by atoms with Crippen LogP contribution in [0.2, 0.25) is 0 Å². The molecule has 0 aliphatic carbocycles. The minimum atomic E-state index is -0.823. The van der Waals surface area contributed by atoms with E-state index in [0.29, 0.717) is 25.4 Å². The van der Waals surface area contributed by atoms with Crippen molar-refractivity contribution in [2.24, 2.45) is 5.92 Å². The van der Waals surface area contributed by atoms with Gasteiger partial charge < -0.3 is 14.9 Å². The summed E-state index contributed by atoms with van der Waals surface area (Å²) < 4.78 is 0. The molecule has 0 fully saturated rings. The van der Waals surface area contributed by atoms with Gasteiger partial charge in [-0.1, -0.05) is 13.8 Å². The van der Waals surface area contributed by atoms with Gasteiger partial charge in [0.05, 0.1) is 0 Å². The predicted molar refractivity (Wildman–Crippen MR) is 62.4 cm³/mol. The van der Waals surface area contributed by atoms with E-state index in [9.17, 15) is 9.59 Å². The van der Waals surface area contributed by atoms with Gasteiger partial charge in [-0.3, -0.25) is 4.79 Å². The number of nitrogens with zero attached hydrogens (tertiary/aromatic N) is 2. The van der Waals surface area contributed by atoms with E-state index in [2.05, 4.69) is 0 Å². The smallest absolute Gasteiger partial charge is 0.319 e. The molecule has 16 heavy (non-hydrogen) atoms. The predicted octanol–water partition coefficient (Wildman–Crippen LogP) is 1.49. The zero-order valence-electron chi connectivity index (χ0n) is 10.6. The van der Waals surface area contributed by atoms with Crippen molar-refractivity contribution in [2.45, 2.75) is 26.7 Å². The van der Waals surface area contributed by atoms with E-state index < -0.39 is 5.97 Å². The molecule has 2 amide bonds. The summed E-state index contributed by atoms with van der Waals surface area (Å²) in [5, 5.41) is 8.48. The Morgan fingerprint density at radius 1 is 1.19 bits per heavy atom. The standard InChI is InChI=1S/C11H22N2O3/c1-9(2)8-13(4)11(16)12(3)7-5-6-10(14)15/h9H,5-8H2,1-4H3,(H,14,15). The van der Waals surface area contributed by atoms with E-state index in [-0.39, 0.29) is 12.5 Å². The van der Waals surface area contributed by atoms with Gasteiger partial charge in [-0.05, 0) is 12.3 Å². The molecule has 0 atom stereocenters. The highest BCUT2D eigenvalue weighted by molar-refractivity contribution is 5.74. The van der Waals surface area contributed by atoms with Gasteiger partial charge in [-0.25, -0.2) is 4.79 Å². The lowest BCUT2D eigenvalue weighted by Gasteiger charge is -2.26. The van der Waals surface area contributed by atoms with Crippen molar-refractivity contribution >= 4 is 12.0 Å². The third-order valence-corrected chi connectivity index (χ3v) is 2.18. The Morgan fingerprint density at radius 3 is 2.19 bits per heavy atom. The molecule has 0 aliphatic rings. The van der Waals surface area contributed by atoms with Gasteiger partial charge in [0.2, 0.25) is 0 Å². The monoisotopic (exact) mass is 230 g/mol. The fraction of sp³-hybridized carbons (Fsp3) is 0.818. The zero-order chi connectivity index (χ0) is 12.7. The highest BCUT2D eigenvalue weighted by atomic mass is 16.4. The van der Waals surface area contributed by atoms with Crippen molar-refractivity contribution in [3.8, 4) is 0 Å². The maximum atomic E-state index is 11.8. The highest BCUT2D eigenvalue weighted by Crippen LogP contribution is 2.01. The molecule has 0 bridgehead atoms. The molecular formula is C11H22N2O3. The molecule has 0 spiro atoms. The van der Waals surface area contributed by atoms with Gasteiger partial charge >= 0.3 is 12.0 Å². The number of urea groups is 1. The Kier molecular flexibility index (Phi) is 6.53. The van der Waals surface area contributed by atoms with E-state index in [4.69, 9.17) is 5.11 Å². The average Bonchev–Trinajstić information content (AvgIpc) is 2.14. The molecule has 0 aliphatic heterocycles. The molecule has 0 heterocycles. The zero-order valence-corrected chi connectivity index (χ0v) is 10.6. The molecule has 0 saturated carbocycles. The summed E-state index contributed by atoms with van der Waals surface area (Å²) in [6.45, 7) is 5.29. The molecule has 0 radical (unpaired) electrons. The summed E-state index contributed by atoms with van der Waals surface area (Å²) in [4.78, 5) is 25.3. The number of aliphatic carboxylic acids is 1. The number of carboxylic acids is 1. The van der Waals surface area contributed by atoms with Gasteiger partial charge in [-0.15, -0.1) is 0 Å². The van der Waals surface area contributed by atoms with Crippen LogP contribution < -0.4 is 0 Å². The van der Waals surface area contributed by atoms with Crippen LogP contribution in [0.3, 0.4) is 0 Å². The molecule has 94 valence electrons. The first-order chi connectivity index (χ1) is 7.34. The summed E-state index contributed by atoms with van der Waals surface area (Å²) in [5.41, 5.74) is 0. The lowest BCUT2D eigenvalue weighted by Crippen LogP contribution is -2.40.